The Kier molecular flexibility index (Phi) is 9.30. The van der Waals surface area contributed by atoms with Crippen molar-refractivity contribution in [3.05, 3.63) is 101 Å². The predicted molar refractivity (Wildman–Crippen MR) is 201 cm³/mol. The lowest BCUT2D eigenvalue weighted by molar-refractivity contribution is -0.125. The van der Waals surface area contributed by atoms with E-state index < -0.39 is 5.41 Å². The molecule has 2 bridgehead atoms. The molecule has 2 fully saturated rings. The second-order valence-electron chi connectivity index (χ2n) is 15.6. The fraction of sp³-hybridized carbons (Fsp3) is 0.500. The van der Waals surface area contributed by atoms with Crippen molar-refractivity contribution in [3.63, 3.8) is 0 Å². The fourth-order valence-electron chi connectivity index (χ4n) is 10.7. The van der Waals surface area contributed by atoms with Crippen molar-refractivity contribution in [2.45, 2.75) is 121 Å². The van der Waals surface area contributed by atoms with E-state index in [0.29, 0.717) is 18.1 Å². The summed E-state index contributed by atoms with van der Waals surface area (Å²) in [5.41, 5.74) is 9.93. The largest absolute Gasteiger partial charge is 0.299 e. The van der Waals surface area contributed by atoms with Crippen molar-refractivity contribution in [1.29, 1.82) is 0 Å². The van der Waals surface area contributed by atoms with Crippen molar-refractivity contribution in [3.8, 4) is 23.0 Å². The number of fused-ring (bicyclic) bond motifs is 3. The maximum atomic E-state index is 14.2. The molecule has 0 saturated heterocycles. The van der Waals surface area contributed by atoms with Crippen LogP contribution in [0.5, 0.6) is 0 Å². The lowest BCUT2D eigenvalue weighted by Crippen LogP contribution is -2.48. The van der Waals surface area contributed by atoms with Gasteiger partial charge in [-0.15, -0.1) is 0 Å². The molecule has 3 aromatic rings. The van der Waals surface area contributed by atoms with E-state index in [9.17, 15) is 4.79 Å². The van der Waals surface area contributed by atoms with Crippen LogP contribution < -0.4 is 0 Å². The molecule has 48 heavy (non-hydrogen) atoms. The van der Waals surface area contributed by atoms with Crippen LogP contribution in [0.4, 0.5) is 0 Å². The molecule has 2 nitrogen and oxygen atoms in total. The molecule has 250 valence electrons. The summed E-state index contributed by atoms with van der Waals surface area (Å²) in [6, 6.07) is 27.1. The smallest absolute Gasteiger partial charge is 0.146 e. The highest BCUT2D eigenvalue weighted by Crippen LogP contribution is 2.70. The highest BCUT2D eigenvalue weighted by Gasteiger charge is 2.71. The number of unbranched alkanes of at least 4 members (excludes halogenated alkanes) is 6. The lowest BCUT2D eigenvalue weighted by Gasteiger charge is -2.42. The molecule has 0 radical (unpaired) electrons. The first kappa shape index (κ1) is 33.1. The summed E-state index contributed by atoms with van der Waals surface area (Å²) in [6.45, 7) is 4.62. The molecule has 0 N–H and O–H groups in total. The molecule has 4 aliphatic rings. The average molecular weight is 638 g/mol. The van der Waals surface area contributed by atoms with Gasteiger partial charge in [-0.1, -0.05) is 151 Å². The topological polar surface area (TPSA) is 20.3 Å². The standard InChI is InChI=1S/C46H55NO/c1-5-7-9-17-29-44(30-18-10-8-6-2)38-23-15-14-22-36(38)37-27-25-34(32-40(37)44)26-28-39-43(35-20-12-11-13-21-35)45-31-19-16-24-41(45)46(39,47(3)4)33-42(45)48/h11-15,20-23,25,27,32,41H,5-10,16-19,24,29-31,33H2,1-4H3. The van der Waals surface area contributed by atoms with E-state index >= 15 is 0 Å². The van der Waals surface area contributed by atoms with Gasteiger partial charge in [-0.05, 0) is 91.2 Å². The van der Waals surface area contributed by atoms with E-state index in [-0.39, 0.29) is 11.0 Å². The van der Waals surface area contributed by atoms with Gasteiger partial charge in [-0.3, -0.25) is 9.69 Å². The van der Waals surface area contributed by atoms with E-state index in [1.165, 1.54) is 110 Å². The summed E-state index contributed by atoms with van der Waals surface area (Å²) < 4.78 is 0. The van der Waals surface area contributed by atoms with E-state index in [2.05, 4.69) is 117 Å². The van der Waals surface area contributed by atoms with Crippen molar-refractivity contribution in [2.75, 3.05) is 14.1 Å². The van der Waals surface area contributed by atoms with Crippen molar-refractivity contribution in [2.24, 2.45) is 11.3 Å². The lowest BCUT2D eigenvalue weighted by atomic mass is 9.64. The maximum Gasteiger partial charge on any atom is 0.146 e. The van der Waals surface area contributed by atoms with Crippen LogP contribution in [0.1, 0.15) is 132 Å². The SMILES string of the molecule is CCCCCCC1(CCCCCC)c2ccccc2-c2ccc(C#CC3=C(c4ccccc4)C45CCCCC4C3(N(C)C)CC5=O)cc21. The minimum absolute atomic E-state index is 0.0528. The first-order chi connectivity index (χ1) is 23.4. The molecule has 2 heteroatoms. The van der Waals surface area contributed by atoms with Gasteiger partial charge in [0.25, 0.3) is 0 Å². The van der Waals surface area contributed by atoms with Crippen LogP contribution in [0.25, 0.3) is 16.7 Å². The molecular weight excluding hydrogens is 583 g/mol. The van der Waals surface area contributed by atoms with Gasteiger partial charge in [-0.2, -0.15) is 0 Å². The monoisotopic (exact) mass is 637 g/mol. The first-order valence-corrected chi connectivity index (χ1v) is 19.2. The number of carbonyl (C=O) groups is 1. The van der Waals surface area contributed by atoms with Gasteiger partial charge < -0.3 is 0 Å². The molecule has 0 heterocycles. The Hall–Kier alpha value is -3.41. The molecule has 2 saturated carbocycles. The highest BCUT2D eigenvalue weighted by atomic mass is 16.1. The van der Waals surface area contributed by atoms with E-state index in [4.69, 9.17) is 0 Å². The summed E-state index contributed by atoms with van der Waals surface area (Å²) in [5, 5.41) is 0. The molecule has 3 atom stereocenters. The van der Waals surface area contributed by atoms with Gasteiger partial charge in [0.15, 0.2) is 0 Å². The van der Waals surface area contributed by atoms with Crippen LogP contribution >= 0.6 is 0 Å². The third kappa shape index (κ3) is 5.07. The molecule has 4 aliphatic carbocycles. The summed E-state index contributed by atoms with van der Waals surface area (Å²) in [4.78, 5) is 16.5. The van der Waals surface area contributed by atoms with Gasteiger partial charge >= 0.3 is 0 Å². The Bertz CT molecular complexity index is 1740. The number of ketones is 1. The number of carbonyl (C=O) groups excluding carboxylic acids is 1. The van der Waals surface area contributed by atoms with Gasteiger partial charge in [0.2, 0.25) is 0 Å². The Morgan fingerprint density at radius 2 is 1.44 bits per heavy atom. The molecule has 0 aliphatic heterocycles. The minimum Gasteiger partial charge on any atom is -0.299 e. The molecule has 7 rings (SSSR count). The van der Waals surface area contributed by atoms with E-state index in [1.54, 1.807) is 0 Å². The number of nitrogens with zero attached hydrogens (tertiary/aromatic N) is 1. The zero-order valence-electron chi connectivity index (χ0n) is 30.0. The molecular formula is C46H55NO. The maximum absolute atomic E-state index is 14.2. The van der Waals surface area contributed by atoms with Crippen LogP contribution in [-0.2, 0) is 10.2 Å². The van der Waals surface area contributed by atoms with Gasteiger partial charge in [0.05, 0.1) is 11.0 Å². The number of allylic oxidation sites excluding steroid dienone is 1. The van der Waals surface area contributed by atoms with E-state index in [1.807, 2.05) is 0 Å². The number of likely N-dealkylation sites (N-methyl/N-ethyl adjacent to an activating group) is 1. The van der Waals surface area contributed by atoms with Gasteiger partial charge in [0, 0.05) is 23.0 Å². The molecule has 0 amide bonds. The Labute approximate surface area is 290 Å². The summed E-state index contributed by atoms with van der Waals surface area (Å²) in [7, 11) is 4.37. The van der Waals surface area contributed by atoms with Crippen LogP contribution in [0.2, 0.25) is 0 Å². The van der Waals surface area contributed by atoms with Crippen LogP contribution in [0.3, 0.4) is 0 Å². The summed E-state index contributed by atoms with van der Waals surface area (Å²) in [5.74, 6) is 8.38. The number of hydrogen-bond donors (Lipinski definition) is 0. The Morgan fingerprint density at radius 3 is 2.15 bits per heavy atom. The Balaban J connectivity index is 1.36. The number of rotatable bonds is 12. The normalized spacial score (nSPS) is 24.8. The van der Waals surface area contributed by atoms with Crippen LogP contribution in [0.15, 0.2) is 78.4 Å². The number of hydrogen-bond acceptors (Lipinski definition) is 2. The minimum atomic E-state index is -0.403. The van der Waals surface area contributed by atoms with Crippen molar-refractivity contribution < 1.29 is 4.79 Å². The first-order valence-electron chi connectivity index (χ1n) is 19.2. The molecule has 0 aromatic heterocycles. The van der Waals surface area contributed by atoms with Gasteiger partial charge in [0.1, 0.15) is 5.78 Å². The van der Waals surface area contributed by atoms with Crippen molar-refractivity contribution >= 4 is 11.4 Å². The highest BCUT2D eigenvalue weighted by molar-refractivity contribution is 6.08. The third-order valence-electron chi connectivity index (χ3n) is 12.9. The molecule has 0 spiro atoms. The van der Waals surface area contributed by atoms with Crippen LogP contribution in [-0.4, -0.2) is 30.3 Å². The summed E-state index contributed by atoms with van der Waals surface area (Å²) in [6.07, 6.45) is 17.6. The molecule has 3 aromatic carbocycles. The molecule has 3 unspecified atom stereocenters. The third-order valence-corrected chi connectivity index (χ3v) is 12.9. The van der Waals surface area contributed by atoms with Gasteiger partial charge in [-0.25, -0.2) is 0 Å². The second-order valence-corrected chi connectivity index (χ2v) is 15.6. The second kappa shape index (κ2) is 13.5. The predicted octanol–water partition coefficient (Wildman–Crippen LogP) is 11.2. The average Bonchev–Trinajstić information content (AvgIpc) is 3.65. The van der Waals surface area contributed by atoms with Crippen molar-refractivity contribution in [1.82, 2.24) is 4.90 Å². The summed E-state index contributed by atoms with van der Waals surface area (Å²) >= 11 is 0. The fourth-order valence-corrected chi connectivity index (χ4v) is 10.7. The quantitative estimate of drug-likeness (QED) is 0.145. The Morgan fingerprint density at radius 1 is 0.750 bits per heavy atom. The zero-order valence-corrected chi connectivity index (χ0v) is 30.0. The van der Waals surface area contributed by atoms with Crippen LogP contribution in [0, 0.1) is 23.2 Å². The zero-order chi connectivity index (χ0) is 33.4. The number of benzene rings is 3. The van der Waals surface area contributed by atoms with E-state index in [0.717, 1.165) is 24.8 Å². The number of Topliss-reactive ketones (excluding diaryl/α,β-unsaturated/α-hetero) is 1.